The van der Waals surface area contributed by atoms with Crippen LogP contribution in [0, 0.1) is 0 Å². The number of hydrogen-bond acceptors (Lipinski definition) is 3. The van der Waals surface area contributed by atoms with Crippen LogP contribution in [0.2, 0.25) is 0 Å². The van der Waals surface area contributed by atoms with Gasteiger partial charge in [-0.15, -0.1) is 11.8 Å². The Labute approximate surface area is 116 Å². The van der Waals surface area contributed by atoms with E-state index in [0.717, 1.165) is 4.90 Å². The highest BCUT2D eigenvalue weighted by Crippen LogP contribution is 2.39. The molecule has 102 valence electrons. The highest BCUT2D eigenvalue weighted by molar-refractivity contribution is 7.99. The number of nitrogens with zero attached hydrogens (tertiary/aromatic N) is 1. The second-order valence-corrected chi connectivity index (χ2v) is 6.08. The molecular formula is C14H17NO3S. The Morgan fingerprint density at radius 1 is 1.42 bits per heavy atom. The molecule has 0 saturated carbocycles. The maximum atomic E-state index is 11.8. The molecule has 1 aromatic carbocycles. The second kappa shape index (κ2) is 5.25. The van der Waals surface area contributed by atoms with Crippen molar-refractivity contribution in [3.8, 4) is 0 Å². The van der Waals surface area contributed by atoms with Crippen molar-refractivity contribution in [1.82, 2.24) is 0 Å². The van der Waals surface area contributed by atoms with E-state index in [2.05, 4.69) is 19.9 Å². The number of carbonyl (C=O) groups is 2. The molecule has 0 radical (unpaired) electrons. The lowest BCUT2D eigenvalue weighted by Gasteiger charge is -2.34. The van der Waals surface area contributed by atoms with Crippen LogP contribution in [0.1, 0.15) is 32.3 Å². The molecule has 0 spiro atoms. The summed E-state index contributed by atoms with van der Waals surface area (Å²) in [4.78, 5) is 25.1. The third kappa shape index (κ3) is 2.61. The van der Waals surface area contributed by atoms with Gasteiger partial charge in [0.25, 0.3) is 0 Å². The number of hydrogen-bond donors (Lipinski definition) is 1. The fourth-order valence-corrected chi connectivity index (χ4v) is 3.24. The van der Waals surface area contributed by atoms with E-state index in [4.69, 9.17) is 5.11 Å². The topological polar surface area (TPSA) is 57.6 Å². The van der Waals surface area contributed by atoms with Gasteiger partial charge >= 0.3 is 11.9 Å². The van der Waals surface area contributed by atoms with Crippen LogP contribution in [0.5, 0.6) is 0 Å². The third-order valence-corrected chi connectivity index (χ3v) is 4.52. The zero-order valence-electron chi connectivity index (χ0n) is 11.2. The van der Waals surface area contributed by atoms with Crippen LogP contribution in [-0.4, -0.2) is 28.8 Å². The first-order valence-corrected chi connectivity index (χ1v) is 7.23. The average Bonchev–Trinajstić information content (AvgIpc) is 2.37. The normalized spacial score (nSPS) is 18.3. The van der Waals surface area contributed by atoms with Crippen LogP contribution in [-0.2, 0) is 9.59 Å². The molecule has 0 saturated heterocycles. The number of aliphatic carboxylic acids is 1. The van der Waals surface area contributed by atoms with Gasteiger partial charge in [-0.1, -0.05) is 19.9 Å². The van der Waals surface area contributed by atoms with Gasteiger partial charge < -0.3 is 5.11 Å². The SMILES string of the molecule is CC(C)c1ccc2c(c1)SCC(C)N2C(=O)C(=O)O. The minimum atomic E-state index is -1.40. The van der Waals surface area contributed by atoms with Crippen molar-refractivity contribution in [2.75, 3.05) is 10.7 Å². The molecule has 0 aliphatic carbocycles. The largest absolute Gasteiger partial charge is 0.474 e. The van der Waals surface area contributed by atoms with E-state index in [0.29, 0.717) is 17.4 Å². The van der Waals surface area contributed by atoms with E-state index in [9.17, 15) is 9.59 Å². The maximum absolute atomic E-state index is 11.8. The van der Waals surface area contributed by atoms with E-state index >= 15 is 0 Å². The zero-order valence-corrected chi connectivity index (χ0v) is 12.0. The monoisotopic (exact) mass is 279 g/mol. The van der Waals surface area contributed by atoms with Crippen molar-refractivity contribution >= 4 is 29.3 Å². The number of carbonyl (C=O) groups excluding carboxylic acids is 1. The van der Waals surface area contributed by atoms with Crippen LogP contribution in [0.25, 0.3) is 0 Å². The highest BCUT2D eigenvalue weighted by Gasteiger charge is 2.32. The Kier molecular flexibility index (Phi) is 3.85. The predicted molar refractivity (Wildman–Crippen MR) is 75.8 cm³/mol. The zero-order chi connectivity index (χ0) is 14.2. The van der Waals surface area contributed by atoms with Gasteiger partial charge in [-0.3, -0.25) is 9.69 Å². The average molecular weight is 279 g/mol. The molecule has 1 heterocycles. The van der Waals surface area contributed by atoms with E-state index in [1.165, 1.54) is 10.5 Å². The summed E-state index contributed by atoms with van der Waals surface area (Å²) in [6.45, 7) is 6.09. The molecule has 1 N–H and O–H groups in total. The number of anilines is 1. The van der Waals surface area contributed by atoms with Crippen molar-refractivity contribution in [1.29, 1.82) is 0 Å². The summed E-state index contributed by atoms with van der Waals surface area (Å²) in [5.41, 5.74) is 1.91. The fourth-order valence-electron chi connectivity index (χ4n) is 2.14. The highest BCUT2D eigenvalue weighted by atomic mass is 32.2. The van der Waals surface area contributed by atoms with Crippen molar-refractivity contribution < 1.29 is 14.7 Å². The maximum Gasteiger partial charge on any atom is 0.394 e. The molecule has 4 nitrogen and oxygen atoms in total. The molecule has 1 unspecified atom stereocenters. The van der Waals surface area contributed by atoms with Gasteiger partial charge in [-0.25, -0.2) is 4.79 Å². The van der Waals surface area contributed by atoms with Crippen LogP contribution >= 0.6 is 11.8 Å². The molecule has 19 heavy (non-hydrogen) atoms. The van der Waals surface area contributed by atoms with Gasteiger partial charge in [0.1, 0.15) is 0 Å². The standard InChI is InChI=1S/C14H17NO3S/c1-8(2)10-4-5-11-12(6-10)19-7-9(3)15(11)13(16)14(17)18/h4-6,8-9H,7H2,1-3H3,(H,17,18). The Morgan fingerprint density at radius 2 is 2.11 bits per heavy atom. The van der Waals surface area contributed by atoms with Gasteiger partial charge in [-0.05, 0) is 30.5 Å². The molecular weight excluding hydrogens is 262 g/mol. The molecule has 0 aromatic heterocycles. The van der Waals surface area contributed by atoms with Crippen molar-refractivity contribution in [2.45, 2.75) is 37.6 Å². The lowest BCUT2D eigenvalue weighted by molar-refractivity contribution is -0.149. The molecule has 2 rings (SSSR count). The van der Waals surface area contributed by atoms with E-state index < -0.39 is 11.9 Å². The minimum Gasteiger partial charge on any atom is -0.474 e. The Balaban J connectivity index is 2.45. The molecule has 0 fully saturated rings. The van der Waals surface area contributed by atoms with Gasteiger partial charge in [0.05, 0.1) is 5.69 Å². The summed E-state index contributed by atoms with van der Waals surface area (Å²) in [5, 5.41) is 8.92. The number of carboxylic acid groups (broad SMARTS) is 1. The summed E-state index contributed by atoms with van der Waals surface area (Å²) >= 11 is 1.67. The molecule has 1 aromatic rings. The van der Waals surface area contributed by atoms with E-state index in [1.54, 1.807) is 11.8 Å². The second-order valence-electron chi connectivity index (χ2n) is 5.02. The molecule has 1 amide bonds. The quantitative estimate of drug-likeness (QED) is 0.803. The Bertz CT molecular complexity index is 527. The van der Waals surface area contributed by atoms with Crippen molar-refractivity contribution in [2.24, 2.45) is 0 Å². The van der Waals surface area contributed by atoms with Gasteiger partial charge in [0, 0.05) is 16.7 Å². The van der Waals surface area contributed by atoms with Crippen molar-refractivity contribution in [3.63, 3.8) is 0 Å². The fraction of sp³-hybridized carbons (Fsp3) is 0.429. The van der Waals surface area contributed by atoms with E-state index in [-0.39, 0.29) is 6.04 Å². The number of rotatable bonds is 1. The number of amides is 1. The van der Waals surface area contributed by atoms with E-state index in [1.807, 2.05) is 19.1 Å². The summed E-state index contributed by atoms with van der Waals surface area (Å²) in [7, 11) is 0. The number of benzene rings is 1. The molecule has 1 atom stereocenters. The molecule has 1 aliphatic heterocycles. The third-order valence-electron chi connectivity index (χ3n) is 3.23. The summed E-state index contributed by atoms with van der Waals surface area (Å²) in [6.07, 6.45) is 0. The molecule has 5 heteroatoms. The smallest absolute Gasteiger partial charge is 0.394 e. The van der Waals surface area contributed by atoms with Crippen LogP contribution in [0.15, 0.2) is 23.1 Å². The minimum absolute atomic E-state index is 0.106. The predicted octanol–water partition coefficient (Wildman–Crippen LogP) is 2.72. The Hall–Kier alpha value is -1.49. The van der Waals surface area contributed by atoms with Crippen LogP contribution in [0.4, 0.5) is 5.69 Å². The van der Waals surface area contributed by atoms with Gasteiger partial charge in [-0.2, -0.15) is 0 Å². The van der Waals surface area contributed by atoms with Crippen LogP contribution < -0.4 is 4.90 Å². The summed E-state index contributed by atoms with van der Waals surface area (Å²) < 4.78 is 0. The van der Waals surface area contributed by atoms with Gasteiger partial charge in [0.15, 0.2) is 0 Å². The first kappa shape index (κ1) is 13.9. The number of thioether (sulfide) groups is 1. The number of carboxylic acids is 1. The first-order chi connectivity index (χ1) is 8.91. The van der Waals surface area contributed by atoms with Gasteiger partial charge in [0.2, 0.25) is 0 Å². The molecule has 1 aliphatic rings. The van der Waals surface area contributed by atoms with Crippen LogP contribution in [0.3, 0.4) is 0 Å². The number of fused-ring (bicyclic) bond motifs is 1. The lowest BCUT2D eigenvalue weighted by Crippen LogP contribution is -2.45. The Morgan fingerprint density at radius 3 is 2.68 bits per heavy atom. The first-order valence-electron chi connectivity index (χ1n) is 6.25. The summed E-state index contributed by atoms with van der Waals surface area (Å²) in [6, 6.07) is 5.77. The summed E-state index contributed by atoms with van der Waals surface area (Å²) in [5.74, 6) is -1.13. The molecule has 0 bridgehead atoms. The van der Waals surface area contributed by atoms with Crippen molar-refractivity contribution in [3.05, 3.63) is 23.8 Å². The lowest BCUT2D eigenvalue weighted by atomic mass is 10.0.